The van der Waals surface area contributed by atoms with E-state index in [2.05, 4.69) is 22.8 Å². The third-order valence-electron chi connectivity index (χ3n) is 3.98. The lowest BCUT2D eigenvalue weighted by atomic mass is 10.1. The monoisotopic (exact) mass is 312 g/mol. The van der Waals surface area contributed by atoms with Gasteiger partial charge in [0.2, 0.25) is 0 Å². The van der Waals surface area contributed by atoms with Gasteiger partial charge in [-0.05, 0) is 24.1 Å². The minimum absolute atomic E-state index is 0.192. The number of urea groups is 1. The maximum atomic E-state index is 12.1. The summed E-state index contributed by atoms with van der Waals surface area (Å²) in [5.41, 5.74) is 1.93. The molecule has 2 atom stereocenters. The number of nitrogens with one attached hydrogen (secondary N) is 2. The molecule has 1 aliphatic carbocycles. The second kappa shape index (κ2) is 6.60. The quantitative estimate of drug-likeness (QED) is 0.890. The molecule has 5 nitrogen and oxygen atoms in total. The van der Waals surface area contributed by atoms with Crippen molar-refractivity contribution in [1.82, 2.24) is 5.32 Å². The number of anilines is 1. The Morgan fingerprint density at radius 2 is 1.78 bits per heavy atom. The van der Waals surface area contributed by atoms with Crippen LogP contribution in [0.15, 0.2) is 48.5 Å². The number of carbonyl (C=O) groups excluding carboxylic acids is 1. The van der Waals surface area contributed by atoms with Crippen LogP contribution in [0.1, 0.15) is 17.9 Å². The second-order valence-corrected chi connectivity index (χ2v) is 5.53. The Balaban J connectivity index is 1.56. The molecule has 0 saturated heterocycles. The van der Waals surface area contributed by atoms with Gasteiger partial charge in [-0.15, -0.1) is 0 Å². The number of benzene rings is 2. The summed E-state index contributed by atoms with van der Waals surface area (Å²) in [5.74, 6) is 1.62. The van der Waals surface area contributed by atoms with Crippen molar-refractivity contribution in [1.29, 1.82) is 0 Å². The molecule has 0 radical (unpaired) electrons. The lowest BCUT2D eigenvalue weighted by molar-refractivity contribution is 0.251. The van der Waals surface area contributed by atoms with E-state index in [1.54, 1.807) is 32.4 Å². The fraction of sp³-hybridized carbons (Fsp3) is 0.278. The van der Waals surface area contributed by atoms with E-state index in [9.17, 15) is 4.79 Å². The first-order valence-corrected chi connectivity index (χ1v) is 7.55. The number of hydrogen-bond acceptors (Lipinski definition) is 3. The van der Waals surface area contributed by atoms with Crippen LogP contribution in [0.5, 0.6) is 11.5 Å². The molecule has 1 aliphatic rings. The molecule has 0 heterocycles. The molecule has 1 saturated carbocycles. The van der Waals surface area contributed by atoms with Gasteiger partial charge in [-0.2, -0.15) is 0 Å². The predicted molar refractivity (Wildman–Crippen MR) is 89.3 cm³/mol. The molecule has 2 aromatic carbocycles. The number of carbonyl (C=O) groups is 1. The third-order valence-corrected chi connectivity index (χ3v) is 3.98. The number of hydrogen-bond donors (Lipinski definition) is 2. The van der Waals surface area contributed by atoms with Gasteiger partial charge in [0.05, 0.1) is 14.2 Å². The van der Waals surface area contributed by atoms with Gasteiger partial charge < -0.3 is 20.1 Å². The Morgan fingerprint density at radius 1 is 1.04 bits per heavy atom. The normalized spacial score (nSPS) is 18.9. The van der Waals surface area contributed by atoms with Crippen molar-refractivity contribution in [3.63, 3.8) is 0 Å². The zero-order chi connectivity index (χ0) is 16.2. The molecule has 2 aromatic rings. The maximum Gasteiger partial charge on any atom is 0.319 e. The number of amides is 2. The van der Waals surface area contributed by atoms with Gasteiger partial charge in [-0.25, -0.2) is 4.79 Å². The average Bonchev–Trinajstić information content (AvgIpc) is 3.34. The van der Waals surface area contributed by atoms with E-state index in [1.807, 2.05) is 18.2 Å². The highest BCUT2D eigenvalue weighted by molar-refractivity contribution is 5.90. The predicted octanol–water partition coefficient (Wildman–Crippen LogP) is 3.38. The number of rotatable bonds is 5. The largest absolute Gasteiger partial charge is 0.493 e. The van der Waals surface area contributed by atoms with Crippen LogP contribution >= 0.6 is 0 Å². The highest BCUT2D eigenvalue weighted by Crippen LogP contribution is 2.40. The summed E-state index contributed by atoms with van der Waals surface area (Å²) in [6, 6.07) is 15.5. The number of methoxy groups -OCH3 is 2. The molecule has 5 heteroatoms. The molecular weight excluding hydrogens is 292 g/mol. The summed E-state index contributed by atoms with van der Waals surface area (Å²) in [6.07, 6.45) is 0.976. The molecule has 3 rings (SSSR count). The van der Waals surface area contributed by atoms with E-state index < -0.39 is 0 Å². The van der Waals surface area contributed by atoms with E-state index in [1.165, 1.54) is 5.56 Å². The molecule has 0 aromatic heterocycles. The van der Waals surface area contributed by atoms with Gasteiger partial charge >= 0.3 is 6.03 Å². The minimum Gasteiger partial charge on any atom is -0.493 e. The third kappa shape index (κ3) is 3.56. The summed E-state index contributed by atoms with van der Waals surface area (Å²) < 4.78 is 10.4. The summed E-state index contributed by atoms with van der Waals surface area (Å²) in [5, 5.41) is 5.82. The van der Waals surface area contributed by atoms with Crippen molar-refractivity contribution in [3.8, 4) is 11.5 Å². The van der Waals surface area contributed by atoms with Gasteiger partial charge in [0, 0.05) is 23.7 Å². The second-order valence-electron chi connectivity index (χ2n) is 5.53. The van der Waals surface area contributed by atoms with E-state index >= 15 is 0 Å². The average molecular weight is 312 g/mol. The molecule has 120 valence electrons. The van der Waals surface area contributed by atoms with Crippen LogP contribution < -0.4 is 20.1 Å². The smallest absolute Gasteiger partial charge is 0.319 e. The molecule has 23 heavy (non-hydrogen) atoms. The molecular formula is C18H20N2O3. The Labute approximate surface area is 135 Å². The summed E-state index contributed by atoms with van der Waals surface area (Å²) in [7, 11) is 3.14. The fourth-order valence-electron chi connectivity index (χ4n) is 2.67. The van der Waals surface area contributed by atoms with Crippen LogP contribution in [0, 0.1) is 0 Å². The molecule has 0 aliphatic heterocycles. The molecule has 0 bridgehead atoms. The van der Waals surface area contributed by atoms with Crippen molar-refractivity contribution in [3.05, 3.63) is 54.1 Å². The number of ether oxygens (including phenoxy) is 2. The van der Waals surface area contributed by atoms with Gasteiger partial charge in [-0.1, -0.05) is 30.3 Å². The van der Waals surface area contributed by atoms with E-state index in [4.69, 9.17) is 9.47 Å². The highest BCUT2D eigenvalue weighted by Gasteiger charge is 2.39. The Hall–Kier alpha value is -2.69. The Bertz CT molecular complexity index is 688. The first-order chi connectivity index (χ1) is 11.2. The summed E-state index contributed by atoms with van der Waals surface area (Å²) >= 11 is 0. The molecule has 1 fully saturated rings. The zero-order valence-electron chi connectivity index (χ0n) is 13.2. The summed E-state index contributed by atoms with van der Waals surface area (Å²) in [6.45, 7) is 0. The molecule has 2 amide bonds. The zero-order valence-corrected chi connectivity index (χ0v) is 13.2. The standard InChI is InChI=1S/C18H20N2O3/c1-22-16-9-8-13(10-17(16)23-2)19-18(21)20-15-11-14(15)12-6-4-3-5-7-12/h3-10,14-15H,11H2,1-2H3,(H2,19,20,21). The van der Waals surface area contributed by atoms with Crippen molar-refractivity contribution < 1.29 is 14.3 Å². The molecule has 0 spiro atoms. The minimum atomic E-state index is -0.208. The van der Waals surface area contributed by atoms with Crippen molar-refractivity contribution in [2.45, 2.75) is 18.4 Å². The van der Waals surface area contributed by atoms with Gasteiger partial charge in [0.25, 0.3) is 0 Å². The first kappa shape index (κ1) is 15.2. The van der Waals surface area contributed by atoms with Gasteiger partial charge in [-0.3, -0.25) is 0 Å². The van der Waals surface area contributed by atoms with Crippen LogP contribution in [-0.2, 0) is 0 Å². The maximum absolute atomic E-state index is 12.1. The van der Waals surface area contributed by atoms with Crippen LogP contribution in [0.25, 0.3) is 0 Å². The Kier molecular flexibility index (Phi) is 4.37. The lowest BCUT2D eigenvalue weighted by Gasteiger charge is -2.11. The SMILES string of the molecule is COc1ccc(NC(=O)NC2CC2c2ccccc2)cc1OC. The van der Waals surface area contributed by atoms with E-state index in [-0.39, 0.29) is 12.1 Å². The highest BCUT2D eigenvalue weighted by atomic mass is 16.5. The van der Waals surface area contributed by atoms with Crippen molar-refractivity contribution in [2.24, 2.45) is 0 Å². The van der Waals surface area contributed by atoms with E-state index in [0.717, 1.165) is 6.42 Å². The van der Waals surface area contributed by atoms with Crippen LogP contribution in [0.4, 0.5) is 10.5 Å². The van der Waals surface area contributed by atoms with Gasteiger partial charge in [0.1, 0.15) is 0 Å². The first-order valence-electron chi connectivity index (χ1n) is 7.55. The van der Waals surface area contributed by atoms with Gasteiger partial charge in [0.15, 0.2) is 11.5 Å². The van der Waals surface area contributed by atoms with Crippen LogP contribution in [0.3, 0.4) is 0 Å². The topological polar surface area (TPSA) is 59.6 Å². The fourth-order valence-corrected chi connectivity index (χ4v) is 2.67. The van der Waals surface area contributed by atoms with Crippen molar-refractivity contribution in [2.75, 3.05) is 19.5 Å². The molecule has 2 unspecified atom stereocenters. The van der Waals surface area contributed by atoms with Crippen LogP contribution in [0.2, 0.25) is 0 Å². The molecule has 2 N–H and O–H groups in total. The summed E-state index contributed by atoms with van der Waals surface area (Å²) in [4.78, 5) is 12.1. The Morgan fingerprint density at radius 3 is 2.48 bits per heavy atom. The van der Waals surface area contributed by atoms with Crippen LogP contribution in [-0.4, -0.2) is 26.3 Å². The lowest BCUT2D eigenvalue weighted by Crippen LogP contribution is -2.31. The van der Waals surface area contributed by atoms with E-state index in [0.29, 0.717) is 23.1 Å². The van der Waals surface area contributed by atoms with Crippen molar-refractivity contribution >= 4 is 11.7 Å².